The third-order valence-corrected chi connectivity index (χ3v) is 3.11. The van der Waals surface area contributed by atoms with Crippen molar-refractivity contribution in [2.45, 2.75) is 19.3 Å². The van der Waals surface area contributed by atoms with Crippen molar-refractivity contribution >= 4 is 19.2 Å². The van der Waals surface area contributed by atoms with Gasteiger partial charge in [-0.05, 0) is 30.7 Å². The average Bonchev–Trinajstić information content (AvgIpc) is 2.54. The molecule has 0 aliphatic heterocycles. The molecule has 6 heteroatoms. The van der Waals surface area contributed by atoms with Gasteiger partial charge in [0.15, 0.2) is 0 Å². The van der Waals surface area contributed by atoms with E-state index in [-0.39, 0.29) is 6.61 Å². The Kier molecular flexibility index (Phi) is 4.78. The van der Waals surface area contributed by atoms with Gasteiger partial charge in [0.25, 0.3) is 0 Å². The van der Waals surface area contributed by atoms with Crippen molar-refractivity contribution in [2.24, 2.45) is 0 Å². The number of unbranched alkanes of at least 4 members (excludes halogenated alkanes) is 1. The van der Waals surface area contributed by atoms with Gasteiger partial charge in [0.2, 0.25) is 0 Å². The van der Waals surface area contributed by atoms with E-state index in [1.165, 1.54) is 4.88 Å². The maximum Gasteiger partial charge on any atom is 0.469 e. The zero-order valence-corrected chi connectivity index (χ0v) is 9.34. The molecule has 1 heterocycles. The zero-order valence-electron chi connectivity index (χ0n) is 7.63. The summed E-state index contributed by atoms with van der Waals surface area (Å²) in [6, 6.07) is 4.04. The van der Waals surface area contributed by atoms with E-state index in [0.29, 0.717) is 6.42 Å². The number of aryl methyl sites for hydroxylation is 1. The highest BCUT2D eigenvalue weighted by atomic mass is 32.1. The monoisotopic (exact) mass is 236 g/mol. The van der Waals surface area contributed by atoms with Crippen molar-refractivity contribution in [2.75, 3.05) is 6.61 Å². The smallest absolute Gasteiger partial charge is 0.303 e. The molecule has 0 amide bonds. The molecule has 0 spiro atoms. The molecule has 1 rings (SSSR count). The standard InChI is InChI=1S/C8H13O4PS/c9-13(10,11)12-6-2-1-4-8-5-3-7-14-8/h3,5,7H,1-2,4,6H2,(H2,9,10,11). The van der Waals surface area contributed by atoms with Crippen molar-refractivity contribution in [1.29, 1.82) is 0 Å². The number of hydrogen-bond donors (Lipinski definition) is 2. The van der Waals surface area contributed by atoms with Crippen LogP contribution in [-0.2, 0) is 15.5 Å². The van der Waals surface area contributed by atoms with Gasteiger partial charge in [0.05, 0.1) is 6.61 Å². The van der Waals surface area contributed by atoms with Gasteiger partial charge < -0.3 is 9.79 Å². The van der Waals surface area contributed by atoms with Crippen molar-refractivity contribution in [3.05, 3.63) is 22.4 Å². The molecule has 4 nitrogen and oxygen atoms in total. The summed E-state index contributed by atoms with van der Waals surface area (Å²) in [6.45, 7) is 0.121. The van der Waals surface area contributed by atoms with E-state index in [1.54, 1.807) is 11.3 Å². The Bertz CT molecular complexity index is 292. The molecule has 0 bridgehead atoms. The average molecular weight is 236 g/mol. The molecule has 1 aromatic heterocycles. The van der Waals surface area contributed by atoms with Crippen LogP contribution in [0, 0.1) is 0 Å². The molecule has 0 aliphatic rings. The van der Waals surface area contributed by atoms with Crippen LogP contribution in [0.15, 0.2) is 17.5 Å². The first-order valence-corrected chi connectivity index (χ1v) is 6.71. The SMILES string of the molecule is O=P(O)(O)OCCCCc1cccs1. The second kappa shape index (κ2) is 5.63. The Hall–Kier alpha value is -0.190. The first kappa shape index (κ1) is 11.9. The van der Waals surface area contributed by atoms with E-state index in [9.17, 15) is 4.57 Å². The van der Waals surface area contributed by atoms with Crippen LogP contribution in [0.2, 0.25) is 0 Å². The molecular weight excluding hydrogens is 223 g/mol. The Morgan fingerprint density at radius 3 is 2.79 bits per heavy atom. The molecule has 2 N–H and O–H groups in total. The second-order valence-corrected chi connectivity index (χ2v) is 5.13. The summed E-state index contributed by atoms with van der Waals surface area (Å²) >= 11 is 1.69. The molecule has 0 aromatic carbocycles. The lowest BCUT2D eigenvalue weighted by Gasteiger charge is -2.03. The van der Waals surface area contributed by atoms with Gasteiger partial charge >= 0.3 is 7.82 Å². The van der Waals surface area contributed by atoms with Crippen molar-refractivity contribution < 1.29 is 18.9 Å². The Balaban J connectivity index is 2.03. The summed E-state index contributed by atoms with van der Waals surface area (Å²) in [4.78, 5) is 18.1. The van der Waals surface area contributed by atoms with E-state index in [1.807, 2.05) is 11.4 Å². The number of phosphoric acid groups is 1. The topological polar surface area (TPSA) is 66.8 Å². The summed E-state index contributed by atoms with van der Waals surface area (Å²) in [5.41, 5.74) is 0. The molecule has 0 aliphatic carbocycles. The number of hydrogen-bond acceptors (Lipinski definition) is 3. The molecule has 0 fully saturated rings. The third-order valence-electron chi connectivity index (χ3n) is 1.66. The van der Waals surface area contributed by atoms with Gasteiger partial charge in [0.1, 0.15) is 0 Å². The van der Waals surface area contributed by atoms with E-state index in [2.05, 4.69) is 10.6 Å². The van der Waals surface area contributed by atoms with Crippen molar-refractivity contribution in [3.8, 4) is 0 Å². The first-order valence-electron chi connectivity index (χ1n) is 4.30. The Morgan fingerprint density at radius 1 is 1.43 bits per heavy atom. The number of phosphoric ester groups is 1. The fraction of sp³-hybridized carbons (Fsp3) is 0.500. The van der Waals surface area contributed by atoms with Crippen molar-refractivity contribution in [3.63, 3.8) is 0 Å². The van der Waals surface area contributed by atoms with Gasteiger partial charge in [-0.25, -0.2) is 4.57 Å². The van der Waals surface area contributed by atoms with Crippen LogP contribution in [-0.4, -0.2) is 16.4 Å². The summed E-state index contributed by atoms with van der Waals surface area (Å²) in [7, 11) is -4.26. The lowest BCUT2D eigenvalue weighted by Crippen LogP contribution is -1.93. The van der Waals surface area contributed by atoms with Gasteiger partial charge in [0, 0.05) is 4.88 Å². The quantitative estimate of drug-likeness (QED) is 0.586. The molecule has 80 valence electrons. The van der Waals surface area contributed by atoms with E-state index >= 15 is 0 Å². The highest BCUT2D eigenvalue weighted by Gasteiger charge is 2.12. The zero-order chi connectivity index (χ0) is 10.4. The van der Waals surface area contributed by atoms with E-state index in [4.69, 9.17) is 9.79 Å². The second-order valence-electron chi connectivity index (χ2n) is 2.86. The molecule has 0 saturated heterocycles. The summed E-state index contributed by atoms with van der Waals surface area (Å²) in [5, 5.41) is 2.02. The molecule has 1 aromatic rings. The molecule has 0 unspecified atom stereocenters. The fourth-order valence-corrected chi connectivity index (χ4v) is 2.16. The molecule has 0 saturated carbocycles. The van der Waals surface area contributed by atoms with Crippen LogP contribution in [0.25, 0.3) is 0 Å². The lowest BCUT2D eigenvalue weighted by atomic mass is 10.2. The Labute approximate surface area is 86.8 Å². The predicted molar refractivity (Wildman–Crippen MR) is 55.3 cm³/mol. The summed E-state index contributed by atoms with van der Waals surface area (Å²) in [5.74, 6) is 0. The van der Waals surface area contributed by atoms with Crippen LogP contribution < -0.4 is 0 Å². The van der Waals surface area contributed by atoms with E-state index in [0.717, 1.165) is 12.8 Å². The van der Waals surface area contributed by atoms with Crippen LogP contribution in [0.4, 0.5) is 0 Å². The van der Waals surface area contributed by atoms with Crippen LogP contribution in [0.1, 0.15) is 17.7 Å². The highest BCUT2D eigenvalue weighted by molar-refractivity contribution is 7.46. The number of thiophene rings is 1. The fourth-order valence-electron chi connectivity index (χ4n) is 1.04. The maximum absolute atomic E-state index is 10.3. The molecule has 0 radical (unpaired) electrons. The Morgan fingerprint density at radius 2 is 2.21 bits per heavy atom. The minimum Gasteiger partial charge on any atom is -0.303 e. The van der Waals surface area contributed by atoms with Crippen LogP contribution in [0.3, 0.4) is 0 Å². The summed E-state index contributed by atoms with van der Waals surface area (Å²) in [6.07, 6.45) is 2.51. The minimum atomic E-state index is -4.26. The van der Waals surface area contributed by atoms with Gasteiger partial charge in [-0.2, -0.15) is 0 Å². The first-order chi connectivity index (χ1) is 6.58. The van der Waals surface area contributed by atoms with Crippen LogP contribution in [0.5, 0.6) is 0 Å². The van der Waals surface area contributed by atoms with Gasteiger partial charge in [-0.3, -0.25) is 4.52 Å². The largest absolute Gasteiger partial charge is 0.469 e. The lowest BCUT2D eigenvalue weighted by molar-refractivity contribution is 0.194. The molecule has 14 heavy (non-hydrogen) atoms. The van der Waals surface area contributed by atoms with Gasteiger partial charge in [-0.1, -0.05) is 6.07 Å². The summed E-state index contributed by atoms with van der Waals surface area (Å²) < 4.78 is 14.6. The van der Waals surface area contributed by atoms with Crippen LogP contribution >= 0.6 is 19.2 Å². The molecule has 0 atom stereocenters. The van der Waals surface area contributed by atoms with Crippen molar-refractivity contribution in [1.82, 2.24) is 0 Å². The predicted octanol–water partition coefficient (Wildman–Crippen LogP) is 2.18. The van der Waals surface area contributed by atoms with E-state index < -0.39 is 7.82 Å². The number of rotatable bonds is 6. The van der Waals surface area contributed by atoms with Gasteiger partial charge in [-0.15, -0.1) is 11.3 Å². The normalized spacial score (nSPS) is 11.9. The molecular formula is C8H13O4PS. The third kappa shape index (κ3) is 5.52. The highest BCUT2D eigenvalue weighted by Crippen LogP contribution is 2.35. The maximum atomic E-state index is 10.3. The minimum absolute atomic E-state index is 0.121.